The Morgan fingerprint density at radius 1 is 1.15 bits per heavy atom. The SMILES string of the molecule is Cc1cc(C)cc(C2=N/C(=C\c3ccco3)C(=O)O2)c1. The second-order valence-electron chi connectivity index (χ2n) is 4.73. The van der Waals surface area contributed by atoms with Crippen molar-refractivity contribution in [1.29, 1.82) is 0 Å². The third-order valence-electron chi connectivity index (χ3n) is 2.91. The standard InChI is InChI=1S/C16H13NO3/c1-10-6-11(2)8-12(7-10)15-17-14(16(18)20-15)9-13-4-3-5-19-13/h3-9H,1-2H3/b14-9-. The smallest absolute Gasteiger partial charge is 0.363 e. The Labute approximate surface area is 116 Å². The third-order valence-corrected chi connectivity index (χ3v) is 2.91. The molecular weight excluding hydrogens is 254 g/mol. The van der Waals surface area contributed by atoms with Crippen molar-refractivity contribution in [1.82, 2.24) is 0 Å². The minimum Gasteiger partial charge on any atom is -0.465 e. The molecule has 0 unspecified atom stereocenters. The molecular formula is C16H13NO3. The molecule has 3 rings (SSSR count). The fourth-order valence-corrected chi connectivity index (χ4v) is 2.14. The van der Waals surface area contributed by atoms with Crippen LogP contribution in [0.15, 0.2) is 51.7 Å². The van der Waals surface area contributed by atoms with E-state index in [1.165, 1.54) is 0 Å². The number of esters is 1. The van der Waals surface area contributed by atoms with Crippen LogP contribution < -0.4 is 0 Å². The van der Waals surface area contributed by atoms with Crippen molar-refractivity contribution in [2.45, 2.75) is 13.8 Å². The molecule has 1 aromatic heterocycles. The zero-order valence-electron chi connectivity index (χ0n) is 11.2. The van der Waals surface area contributed by atoms with Gasteiger partial charge in [0.05, 0.1) is 6.26 Å². The number of carbonyl (C=O) groups excluding carboxylic acids is 1. The third kappa shape index (κ3) is 2.40. The van der Waals surface area contributed by atoms with E-state index in [1.807, 2.05) is 26.0 Å². The second kappa shape index (κ2) is 4.81. The van der Waals surface area contributed by atoms with Gasteiger partial charge in [-0.3, -0.25) is 0 Å². The van der Waals surface area contributed by atoms with Crippen molar-refractivity contribution >= 4 is 17.9 Å². The second-order valence-corrected chi connectivity index (χ2v) is 4.73. The highest BCUT2D eigenvalue weighted by Gasteiger charge is 2.24. The maximum atomic E-state index is 11.8. The Morgan fingerprint density at radius 2 is 1.90 bits per heavy atom. The molecule has 1 aliphatic heterocycles. The first kappa shape index (κ1) is 12.4. The number of cyclic esters (lactones) is 1. The normalized spacial score (nSPS) is 16.4. The number of aryl methyl sites for hydroxylation is 2. The lowest BCUT2D eigenvalue weighted by atomic mass is 10.1. The summed E-state index contributed by atoms with van der Waals surface area (Å²) in [5.74, 6) is 0.442. The van der Waals surface area contributed by atoms with Gasteiger partial charge in [0.2, 0.25) is 5.90 Å². The monoisotopic (exact) mass is 267 g/mol. The fraction of sp³-hybridized carbons (Fsp3) is 0.125. The molecule has 2 aromatic rings. The molecule has 0 bridgehead atoms. The highest BCUT2D eigenvalue weighted by Crippen LogP contribution is 2.20. The Morgan fingerprint density at radius 3 is 2.55 bits per heavy atom. The maximum absolute atomic E-state index is 11.8. The molecule has 0 radical (unpaired) electrons. The van der Waals surface area contributed by atoms with Crippen LogP contribution >= 0.6 is 0 Å². The number of carbonyl (C=O) groups is 1. The van der Waals surface area contributed by atoms with Crippen molar-refractivity contribution in [2.24, 2.45) is 4.99 Å². The van der Waals surface area contributed by atoms with Crippen molar-refractivity contribution in [3.05, 3.63) is 64.7 Å². The first-order valence-electron chi connectivity index (χ1n) is 6.26. The van der Waals surface area contributed by atoms with E-state index >= 15 is 0 Å². The molecule has 0 amide bonds. The topological polar surface area (TPSA) is 51.8 Å². The van der Waals surface area contributed by atoms with E-state index in [2.05, 4.69) is 11.1 Å². The molecule has 0 fully saturated rings. The zero-order chi connectivity index (χ0) is 14.1. The zero-order valence-corrected chi connectivity index (χ0v) is 11.2. The first-order chi connectivity index (χ1) is 9.61. The maximum Gasteiger partial charge on any atom is 0.363 e. The summed E-state index contributed by atoms with van der Waals surface area (Å²) < 4.78 is 10.4. The van der Waals surface area contributed by atoms with Gasteiger partial charge in [-0.25, -0.2) is 9.79 Å². The summed E-state index contributed by atoms with van der Waals surface area (Å²) in [6.07, 6.45) is 3.11. The summed E-state index contributed by atoms with van der Waals surface area (Å²) >= 11 is 0. The molecule has 20 heavy (non-hydrogen) atoms. The van der Waals surface area contributed by atoms with E-state index in [-0.39, 0.29) is 5.70 Å². The van der Waals surface area contributed by atoms with Crippen LogP contribution in [0.25, 0.3) is 6.08 Å². The lowest BCUT2D eigenvalue weighted by Gasteiger charge is -2.03. The van der Waals surface area contributed by atoms with Gasteiger partial charge < -0.3 is 9.15 Å². The average molecular weight is 267 g/mol. The molecule has 1 aromatic carbocycles. The molecule has 0 spiro atoms. The predicted octanol–water partition coefficient (Wildman–Crippen LogP) is 3.24. The lowest BCUT2D eigenvalue weighted by Crippen LogP contribution is -2.05. The molecule has 0 saturated heterocycles. The van der Waals surface area contributed by atoms with Crippen molar-refractivity contribution in [3.8, 4) is 0 Å². The fourth-order valence-electron chi connectivity index (χ4n) is 2.14. The van der Waals surface area contributed by atoms with Crippen LogP contribution in [0.1, 0.15) is 22.5 Å². The minimum atomic E-state index is -0.462. The highest BCUT2D eigenvalue weighted by atomic mass is 16.6. The Hall–Kier alpha value is -2.62. The van der Waals surface area contributed by atoms with Gasteiger partial charge >= 0.3 is 5.97 Å². The molecule has 4 nitrogen and oxygen atoms in total. The van der Waals surface area contributed by atoms with Crippen LogP contribution in [0.5, 0.6) is 0 Å². The molecule has 4 heteroatoms. The summed E-state index contributed by atoms with van der Waals surface area (Å²) in [7, 11) is 0. The Balaban J connectivity index is 1.98. The van der Waals surface area contributed by atoms with Crippen LogP contribution in [-0.2, 0) is 9.53 Å². The number of ether oxygens (including phenoxy) is 1. The summed E-state index contributed by atoms with van der Waals surface area (Å²) in [5, 5.41) is 0. The van der Waals surface area contributed by atoms with Gasteiger partial charge in [0.25, 0.3) is 0 Å². The van der Waals surface area contributed by atoms with Gasteiger partial charge in [-0.15, -0.1) is 0 Å². The van der Waals surface area contributed by atoms with Gasteiger partial charge in [-0.05, 0) is 38.1 Å². The minimum absolute atomic E-state index is 0.245. The van der Waals surface area contributed by atoms with Crippen molar-refractivity contribution < 1.29 is 13.9 Å². The number of furan rings is 1. The summed E-state index contributed by atoms with van der Waals surface area (Å²) in [4.78, 5) is 16.0. The molecule has 0 N–H and O–H groups in total. The Kier molecular flexibility index (Phi) is 2.99. The highest BCUT2D eigenvalue weighted by molar-refractivity contribution is 6.12. The Bertz CT molecular complexity index is 704. The summed E-state index contributed by atoms with van der Waals surface area (Å²) in [5.41, 5.74) is 3.25. The van der Waals surface area contributed by atoms with Crippen LogP contribution in [0, 0.1) is 13.8 Å². The summed E-state index contributed by atoms with van der Waals surface area (Å²) in [6.45, 7) is 3.99. The van der Waals surface area contributed by atoms with E-state index in [9.17, 15) is 4.79 Å². The van der Waals surface area contributed by atoms with Crippen LogP contribution in [0.2, 0.25) is 0 Å². The van der Waals surface area contributed by atoms with Gasteiger partial charge in [0.1, 0.15) is 5.76 Å². The molecule has 0 atom stereocenters. The van der Waals surface area contributed by atoms with Gasteiger partial charge in [-0.2, -0.15) is 0 Å². The van der Waals surface area contributed by atoms with E-state index in [1.54, 1.807) is 24.5 Å². The molecule has 2 heterocycles. The van der Waals surface area contributed by atoms with E-state index in [0.717, 1.165) is 16.7 Å². The number of hydrogen-bond acceptors (Lipinski definition) is 4. The van der Waals surface area contributed by atoms with E-state index in [0.29, 0.717) is 11.7 Å². The quantitative estimate of drug-likeness (QED) is 0.620. The van der Waals surface area contributed by atoms with E-state index < -0.39 is 5.97 Å². The molecule has 100 valence electrons. The van der Waals surface area contributed by atoms with Crippen LogP contribution in [0.3, 0.4) is 0 Å². The number of nitrogens with zero attached hydrogens (tertiary/aromatic N) is 1. The van der Waals surface area contributed by atoms with Gasteiger partial charge in [0, 0.05) is 11.6 Å². The number of benzene rings is 1. The number of hydrogen-bond donors (Lipinski definition) is 0. The van der Waals surface area contributed by atoms with Crippen LogP contribution in [0.4, 0.5) is 0 Å². The van der Waals surface area contributed by atoms with Crippen molar-refractivity contribution in [2.75, 3.05) is 0 Å². The molecule has 1 aliphatic rings. The van der Waals surface area contributed by atoms with E-state index in [4.69, 9.17) is 9.15 Å². The molecule has 0 aliphatic carbocycles. The predicted molar refractivity (Wildman–Crippen MR) is 75.2 cm³/mol. The summed E-state index contributed by atoms with van der Waals surface area (Å²) in [6, 6.07) is 9.44. The average Bonchev–Trinajstić information content (AvgIpc) is 3.00. The first-order valence-corrected chi connectivity index (χ1v) is 6.26. The van der Waals surface area contributed by atoms with Gasteiger partial charge in [-0.1, -0.05) is 17.2 Å². The molecule has 0 saturated carbocycles. The number of rotatable bonds is 2. The van der Waals surface area contributed by atoms with Crippen molar-refractivity contribution in [3.63, 3.8) is 0 Å². The lowest BCUT2D eigenvalue weighted by molar-refractivity contribution is -0.129. The van der Waals surface area contributed by atoms with Crippen LogP contribution in [-0.4, -0.2) is 11.9 Å². The number of aliphatic imine (C=N–C) groups is 1. The largest absolute Gasteiger partial charge is 0.465 e. The van der Waals surface area contributed by atoms with Gasteiger partial charge in [0.15, 0.2) is 5.70 Å².